The molecule has 0 bridgehead atoms. The Morgan fingerprint density at radius 1 is 1.24 bits per heavy atom. The Hall–Kier alpha value is -2.46. The van der Waals surface area contributed by atoms with Crippen LogP contribution in [0.4, 0.5) is 0 Å². The van der Waals surface area contributed by atoms with E-state index in [0.717, 1.165) is 11.2 Å². The standard InChI is InChI=1S/C16H12ClNO3/c1-21-12-8-10(17)7-11(9-12)18-6-5-13-14(16(19)20)3-2-4-15(13)18/h2-9H,1H3,(H,19,20). The van der Waals surface area contributed by atoms with Crippen molar-refractivity contribution >= 4 is 28.5 Å². The van der Waals surface area contributed by atoms with Crippen molar-refractivity contribution in [1.29, 1.82) is 0 Å². The van der Waals surface area contributed by atoms with Crippen LogP contribution in [0.25, 0.3) is 16.6 Å². The van der Waals surface area contributed by atoms with Gasteiger partial charge in [0.1, 0.15) is 5.75 Å². The quantitative estimate of drug-likeness (QED) is 0.796. The number of nitrogens with zero attached hydrogens (tertiary/aromatic N) is 1. The number of carboxylic acid groups (broad SMARTS) is 1. The number of benzene rings is 2. The van der Waals surface area contributed by atoms with Crippen molar-refractivity contribution in [2.24, 2.45) is 0 Å². The van der Waals surface area contributed by atoms with Gasteiger partial charge in [-0.15, -0.1) is 0 Å². The van der Waals surface area contributed by atoms with Crippen LogP contribution in [0, 0.1) is 0 Å². The number of hydrogen-bond acceptors (Lipinski definition) is 2. The first kappa shape index (κ1) is 13.5. The minimum absolute atomic E-state index is 0.278. The summed E-state index contributed by atoms with van der Waals surface area (Å²) in [6.45, 7) is 0. The summed E-state index contributed by atoms with van der Waals surface area (Å²) < 4.78 is 7.10. The van der Waals surface area contributed by atoms with Gasteiger partial charge in [0, 0.05) is 22.7 Å². The third-order valence-electron chi connectivity index (χ3n) is 3.33. The minimum Gasteiger partial charge on any atom is -0.497 e. The van der Waals surface area contributed by atoms with Gasteiger partial charge in [-0.2, -0.15) is 0 Å². The van der Waals surface area contributed by atoms with Crippen LogP contribution in [-0.4, -0.2) is 22.8 Å². The monoisotopic (exact) mass is 301 g/mol. The lowest BCUT2D eigenvalue weighted by Gasteiger charge is -2.09. The summed E-state index contributed by atoms with van der Waals surface area (Å²) in [4.78, 5) is 11.3. The second kappa shape index (κ2) is 5.14. The lowest BCUT2D eigenvalue weighted by Crippen LogP contribution is -1.98. The highest BCUT2D eigenvalue weighted by molar-refractivity contribution is 6.30. The third-order valence-corrected chi connectivity index (χ3v) is 3.55. The van der Waals surface area contributed by atoms with Crippen molar-refractivity contribution in [3.63, 3.8) is 0 Å². The van der Waals surface area contributed by atoms with Gasteiger partial charge in [0.25, 0.3) is 0 Å². The second-order valence-corrected chi connectivity index (χ2v) is 5.01. The Morgan fingerprint density at radius 3 is 2.76 bits per heavy atom. The molecule has 4 nitrogen and oxygen atoms in total. The molecule has 0 fully saturated rings. The molecule has 0 unspecified atom stereocenters. The Balaban J connectivity index is 2.24. The fourth-order valence-electron chi connectivity index (χ4n) is 2.38. The molecule has 0 radical (unpaired) electrons. The molecule has 21 heavy (non-hydrogen) atoms. The molecular formula is C16H12ClNO3. The van der Waals surface area contributed by atoms with E-state index in [4.69, 9.17) is 16.3 Å². The molecule has 1 N–H and O–H groups in total. The van der Waals surface area contributed by atoms with Gasteiger partial charge in [-0.25, -0.2) is 4.79 Å². The van der Waals surface area contributed by atoms with Crippen molar-refractivity contribution in [2.45, 2.75) is 0 Å². The molecule has 0 aliphatic rings. The molecule has 0 saturated carbocycles. The SMILES string of the molecule is COc1cc(Cl)cc(-n2ccc3c(C(=O)O)cccc32)c1. The van der Waals surface area contributed by atoms with Gasteiger partial charge in [0.2, 0.25) is 0 Å². The van der Waals surface area contributed by atoms with Gasteiger partial charge in [-0.1, -0.05) is 17.7 Å². The highest BCUT2D eigenvalue weighted by Gasteiger charge is 2.12. The Morgan fingerprint density at radius 2 is 2.05 bits per heavy atom. The lowest BCUT2D eigenvalue weighted by molar-refractivity contribution is 0.0699. The summed E-state index contributed by atoms with van der Waals surface area (Å²) in [5.74, 6) is -0.296. The van der Waals surface area contributed by atoms with E-state index in [2.05, 4.69) is 0 Å². The predicted octanol–water partition coefficient (Wildman–Crippen LogP) is 3.99. The first-order chi connectivity index (χ1) is 10.1. The molecule has 2 aromatic carbocycles. The Bertz CT molecular complexity index is 839. The predicted molar refractivity (Wildman–Crippen MR) is 81.8 cm³/mol. The maximum Gasteiger partial charge on any atom is 0.336 e. The normalized spacial score (nSPS) is 10.8. The topological polar surface area (TPSA) is 51.5 Å². The van der Waals surface area contributed by atoms with E-state index >= 15 is 0 Å². The number of hydrogen-bond donors (Lipinski definition) is 1. The largest absolute Gasteiger partial charge is 0.497 e. The third kappa shape index (κ3) is 2.34. The summed E-state index contributed by atoms with van der Waals surface area (Å²) in [6.07, 6.45) is 1.82. The van der Waals surface area contributed by atoms with Crippen LogP contribution >= 0.6 is 11.6 Å². The molecule has 106 valence electrons. The molecule has 0 aliphatic heterocycles. The Kier molecular flexibility index (Phi) is 3.31. The lowest BCUT2D eigenvalue weighted by atomic mass is 10.1. The number of carboxylic acids is 1. The van der Waals surface area contributed by atoms with Gasteiger partial charge in [0.05, 0.1) is 23.9 Å². The zero-order valence-corrected chi connectivity index (χ0v) is 12.0. The molecule has 5 heteroatoms. The maximum absolute atomic E-state index is 11.3. The smallest absolute Gasteiger partial charge is 0.336 e. The molecule has 0 spiro atoms. The van der Waals surface area contributed by atoms with Crippen LogP contribution in [0.2, 0.25) is 5.02 Å². The number of fused-ring (bicyclic) bond motifs is 1. The highest BCUT2D eigenvalue weighted by Crippen LogP contribution is 2.28. The molecule has 3 rings (SSSR count). The summed E-state index contributed by atoms with van der Waals surface area (Å²) >= 11 is 6.09. The second-order valence-electron chi connectivity index (χ2n) is 4.58. The number of aromatic nitrogens is 1. The van der Waals surface area contributed by atoms with E-state index in [-0.39, 0.29) is 5.56 Å². The zero-order valence-electron chi connectivity index (χ0n) is 11.2. The van der Waals surface area contributed by atoms with E-state index in [0.29, 0.717) is 16.2 Å². The first-order valence-electron chi connectivity index (χ1n) is 6.28. The van der Waals surface area contributed by atoms with Crippen molar-refractivity contribution in [3.8, 4) is 11.4 Å². The van der Waals surface area contributed by atoms with Crippen LogP contribution in [0.5, 0.6) is 5.75 Å². The number of aromatic carboxylic acids is 1. The molecule has 0 aliphatic carbocycles. The first-order valence-corrected chi connectivity index (χ1v) is 6.66. The average molecular weight is 302 g/mol. The summed E-state index contributed by atoms with van der Waals surface area (Å²) in [5.41, 5.74) is 1.90. The zero-order chi connectivity index (χ0) is 15.0. The summed E-state index contributed by atoms with van der Waals surface area (Å²) in [7, 11) is 1.58. The number of rotatable bonds is 3. The number of methoxy groups -OCH3 is 1. The van der Waals surface area contributed by atoms with Crippen LogP contribution in [0.3, 0.4) is 0 Å². The van der Waals surface area contributed by atoms with Crippen molar-refractivity contribution < 1.29 is 14.6 Å². The number of ether oxygens (including phenoxy) is 1. The van der Waals surface area contributed by atoms with Gasteiger partial charge in [-0.05, 0) is 30.3 Å². The Labute approximate surface area is 126 Å². The van der Waals surface area contributed by atoms with Gasteiger partial charge >= 0.3 is 5.97 Å². The minimum atomic E-state index is -0.943. The maximum atomic E-state index is 11.3. The molecule has 0 atom stereocenters. The van der Waals surface area contributed by atoms with E-state index in [1.54, 1.807) is 37.4 Å². The molecule has 3 aromatic rings. The molecule has 0 saturated heterocycles. The molecular weight excluding hydrogens is 290 g/mol. The average Bonchev–Trinajstić information content (AvgIpc) is 2.90. The summed E-state index contributed by atoms with van der Waals surface area (Å²) in [6, 6.07) is 12.3. The van der Waals surface area contributed by atoms with E-state index in [1.165, 1.54) is 0 Å². The number of carbonyl (C=O) groups is 1. The van der Waals surface area contributed by atoms with Gasteiger partial charge < -0.3 is 14.4 Å². The fraction of sp³-hybridized carbons (Fsp3) is 0.0625. The van der Waals surface area contributed by atoms with E-state index in [1.807, 2.05) is 22.9 Å². The molecule has 1 heterocycles. The van der Waals surface area contributed by atoms with Crippen LogP contribution < -0.4 is 4.74 Å². The van der Waals surface area contributed by atoms with Crippen molar-refractivity contribution in [3.05, 3.63) is 59.2 Å². The van der Waals surface area contributed by atoms with E-state index in [9.17, 15) is 9.90 Å². The van der Waals surface area contributed by atoms with Crippen molar-refractivity contribution in [2.75, 3.05) is 7.11 Å². The van der Waals surface area contributed by atoms with Crippen LogP contribution in [0.15, 0.2) is 48.7 Å². The van der Waals surface area contributed by atoms with Crippen molar-refractivity contribution in [1.82, 2.24) is 4.57 Å². The number of halogens is 1. The van der Waals surface area contributed by atoms with Gasteiger partial charge in [0.15, 0.2) is 0 Å². The van der Waals surface area contributed by atoms with Crippen LogP contribution in [0.1, 0.15) is 10.4 Å². The van der Waals surface area contributed by atoms with Gasteiger partial charge in [-0.3, -0.25) is 0 Å². The summed E-state index contributed by atoms with van der Waals surface area (Å²) in [5, 5.41) is 10.5. The molecule has 0 amide bonds. The molecule has 1 aromatic heterocycles. The van der Waals surface area contributed by atoms with E-state index < -0.39 is 5.97 Å². The fourth-order valence-corrected chi connectivity index (χ4v) is 2.60. The highest BCUT2D eigenvalue weighted by atomic mass is 35.5. The van der Waals surface area contributed by atoms with Crippen LogP contribution in [-0.2, 0) is 0 Å².